The molecule has 4 rings (SSSR count). The Labute approximate surface area is 182 Å². The van der Waals surface area contributed by atoms with Crippen molar-refractivity contribution in [2.24, 2.45) is 0 Å². The van der Waals surface area contributed by atoms with Gasteiger partial charge in [-0.3, -0.25) is 4.79 Å². The number of amides is 1. The monoisotopic (exact) mass is 436 g/mol. The van der Waals surface area contributed by atoms with Gasteiger partial charge in [0.05, 0.1) is 19.4 Å². The third-order valence-electron chi connectivity index (χ3n) is 5.29. The second-order valence-corrected chi connectivity index (χ2v) is 9.37. The summed E-state index contributed by atoms with van der Waals surface area (Å²) >= 11 is 0. The van der Waals surface area contributed by atoms with Crippen molar-refractivity contribution in [2.75, 3.05) is 11.4 Å². The molecule has 0 radical (unpaired) electrons. The van der Waals surface area contributed by atoms with Gasteiger partial charge < -0.3 is 9.32 Å². The predicted octanol–water partition coefficient (Wildman–Crippen LogP) is 4.06. The summed E-state index contributed by atoms with van der Waals surface area (Å²) in [6, 6.07) is 20.3. The summed E-state index contributed by atoms with van der Waals surface area (Å²) in [5.41, 5.74) is 2.69. The number of hydrogen-bond acceptors (Lipinski definition) is 4. The van der Waals surface area contributed by atoms with Gasteiger partial charge in [-0.05, 0) is 48.7 Å². The van der Waals surface area contributed by atoms with Crippen LogP contribution >= 0.6 is 0 Å². The van der Waals surface area contributed by atoms with Crippen LogP contribution in [0.5, 0.6) is 0 Å². The highest BCUT2D eigenvalue weighted by molar-refractivity contribution is 7.92. The van der Waals surface area contributed by atoms with E-state index in [0.29, 0.717) is 5.76 Å². The molecule has 1 amide bonds. The first kappa shape index (κ1) is 21.1. The maximum absolute atomic E-state index is 13.2. The Morgan fingerprint density at radius 2 is 1.84 bits per heavy atom. The van der Waals surface area contributed by atoms with E-state index >= 15 is 0 Å². The number of anilines is 1. The average molecular weight is 437 g/mol. The maximum Gasteiger partial charge on any atom is 0.242 e. The minimum atomic E-state index is -3.87. The van der Waals surface area contributed by atoms with E-state index in [9.17, 15) is 13.2 Å². The van der Waals surface area contributed by atoms with Gasteiger partial charge in [0, 0.05) is 17.1 Å². The van der Waals surface area contributed by atoms with E-state index in [1.807, 2.05) is 61.5 Å². The van der Waals surface area contributed by atoms with E-state index < -0.39 is 10.0 Å². The van der Waals surface area contributed by atoms with E-state index in [4.69, 9.17) is 4.42 Å². The molecule has 7 heteroatoms. The summed E-state index contributed by atoms with van der Waals surface area (Å²) in [5, 5.41) is 1.14. The summed E-state index contributed by atoms with van der Waals surface area (Å²) in [6.45, 7) is 1.67. The van der Waals surface area contributed by atoms with Gasteiger partial charge in [-0.25, -0.2) is 8.42 Å². The third kappa shape index (κ3) is 4.78. The molecule has 0 saturated carbocycles. The molecule has 0 spiro atoms. The number of furan rings is 1. The number of carbonyl (C=O) groups is 1. The summed E-state index contributed by atoms with van der Waals surface area (Å²) in [4.78, 5) is 14.9. The molecule has 1 aliphatic heterocycles. The van der Waals surface area contributed by atoms with Crippen LogP contribution in [0.2, 0.25) is 0 Å². The second-order valence-electron chi connectivity index (χ2n) is 7.55. The van der Waals surface area contributed by atoms with Gasteiger partial charge in [-0.1, -0.05) is 48.5 Å². The van der Waals surface area contributed by atoms with Crippen molar-refractivity contribution in [3.63, 3.8) is 0 Å². The fourth-order valence-corrected chi connectivity index (χ4v) is 4.90. The van der Waals surface area contributed by atoms with E-state index in [1.54, 1.807) is 17.0 Å². The lowest BCUT2D eigenvalue weighted by atomic mass is 10.1. The highest BCUT2D eigenvalue weighted by atomic mass is 32.2. The van der Waals surface area contributed by atoms with Gasteiger partial charge in [-0.15, -0.1) is 0 Å². The van der Waals surface area contributed by atoms with Gasteiger partial charge in [0.2, 0.25) is 15.9 Å². The van der Waals surface area contributed by atoms with Crippen molar-refractivity contribution in [2.45, 2.75) is 25.9 Å². The molecule has 31 heavy (non-hydrogen) atoms. The number of para-hydroxylation sites is 1. The Bertz CT molecular complexity index is 1170. The molecule has 0 N–H and O–H groups in total. The van der Waals surface area contributed by atoms with Gasteiger partial charge in [-0.2, -0.15) is 4.31 Å². The molecule has 1 aliphatic rings. The number of rotatable bonds is 7. The molecule has 2 heterocycles. The quantitative estimate of drug-likeness (QED) is 0.560. The van der Waals surface area contributed by atoms with Crippen LogP contribution in [0.4, 0.5) is 5.69 Å². The Kier molecular flexibility index (Phi) is 6.06. The van der Waals surface area contributed by atoms with Gasteiger partial charge in [0.15, 0.2) is 0 Å². The number of benzene rings is 2. The summed E-state index contributed by atoms with van der Waals surface area (Å²) < 4.78 is 32.8. The number of carbonyl (C=O) groups excluding carboxylic acids is 1. The molecule has 1 unspecified atom stereocenters. The van der Waals surface area contributed by atoms with Crippen molar-refractivity contribution in [3.8, 4) is 0 Å². The summed E-state index contributed by atoms with van der Waals surface area (Å²) in [7, 11) is -3.87. The maximum atomic E-state index is 13.2. The fourth-order valence-electron chi connectivity index (χ4n) is 3.80. The smallest absolute Gasteiger partial charge is 0.242 e. The van der Waals surface area contributed by atoms with Crippen molar-refractivity contribution >= 4 is 27.7 Å². The third-order valence-corrected chi connectivity index (χ3v) is 6.75. The largest absolute Gasteiger partial charge is 0.468 e. The molecule has 2 aromatic carbocycles. The van der Waals surface area contributed by atoms with Crippen LogP contribution in [0.25, 0.3) is 6.08 Å². The van der Waals surface area contributed by atoms with Crippen LogP contribution in [0.3, 0.4) is 0 Å². The molecule has 160 valence electrons. The molecular weight excluding hydrogens is 412 g/mol. The second kappa shape index (κ2) is 8.91. The van der Waals surface area contributed by atoms with Gasteiger partial charge >= 0.3 is 0 Å². The zero-order chi connectivity index (χ0) is 21.8. The molecule has 0 fully saturated rings. The Morgan fingerprint density at radius 1 is 1.10 bits per heavy atom. The van der Waals surface area contributed by atoms with E-state index in [2.05, 4.69) is 0 Å². The van der Waals surface area contributed by atoms with Crippen LogP contribution in [-0.2, 0) is 27.8 Å². The molecule has 0 saturated heterocycles. The first-order valence-corrected chi connectivity index (χ1v) is 11.6. The zero-order valence-electron chi connectivity index (χ0n) is 17.2. The van der Waals surface area contributed by atoms with Gasteiger partial charge in [0.25, 0.3) is 0 Å². The normalized spacial score (nSPS) is 16.2. The Hall–Kier alpha value is -3.16. The first-order valence-electron chi connectivity index (χ1n) is 10.1. The lowest BCUT2D eigenvalue weighted by Crippen LogP contribution is -2.44. The number of sulfonamides is 1. The van der Waals surface area contributed by atoms with Crippen molar-refractivity contribution < 1.29 is 17.6 Å². The lowest BCUT2D eigenvalue weighted by Gasteiger charge is -2.26. The van der Waals surface area contributed by atoms with Crippen LogP contribution in [0.15, 0.2) is 82.8 Å². The Balaban J connectivity index is 1.59. The van der Waals surface area contributed by atoms with Crippen molar-refractivity contribution in [3.05, 3.63) is 95.3 Å². The summed E-state index contributed by atoms with van der Waals surface area (Å²) in [6.07, 6.45) is 3.77. The molecule has 6 nitrogen and oxygen atoms in total. The predicted molar refractivity (Wildman–Crippen MR) is 121 cm³/mol. The minimum absolute atomic E-state index is 0.0237. The average Bonchev–Trinajstić information content (AvgIpc) is 3.39. The van der Waals surface area contributed by atoms with Crippen LogP contribution in [-0.4, -0.2) is 31.2 Å². The number of fused-ring (bicyclic) bond motifs is 1. The van der Waals surface area contributed by atoms with Crippen LogP contribution < -0.4 is 4.90 Å². The SMILES string of the molecule is CC1Cc2ccccc2N1C(=O)CN(Cc1ccco1)S(=O)(=O)/C=C/c1ccccc1. The molecule has 0 aliphatic carbocycles. The number of hydrogen-bond donors (Lipinski definition) is 0. The highest BCUT2D eigenvalue weighted by Crippen LogP contribution is 2.32. The van der Waals surface area contributed by atoms with E-state index in [1.165, 1.54) is 12.3 Å². The fraction of sp³-hybridized carbons (Fsp3) is 0.208. The van der Waals surface area contributed by atoms with Gasteiger partial charge in [0.1, 0.15) is 5.76 Å². The van der Waals surface area contributed by atoms with Crippen LogP contribution in [0, 0.1) is 0 Å². The molecule has 1 aromatic heterocycles. The molecular formula is C24H24N2O4S. The minimum Gasteiger partial charge on any atom is -0.468 e. The topological polar surface area (TPSA) is 70.8 Å². The van der Waals surface area contributed by atoms with Crippen LogP contribution in [0.1, 0.15) is 23.8 Å². The molecule has 0 bridgehead atoms. The van der Waals surface area contributed by atoms with E-state index in [0.717, 1.165) is 32.9 Å². The first-order chi connectivity index (χ1) is 14.9. The molecule has 1 atom stereocenters. The lowest BCUT2D eigenvalue weighted by molar-refractivity contribution is -0.119. The Morgan fingerprint density at radius 3 is 2.58 bits per heavy atom. The zero-order valence-corrected chi connectivity index (χ0v) is 18.0. The highest BCUT2D eigenvalue weighted by Gasteiger charge is 2.33. The summed E-state index contributed by atoms with van der Waals surface area (Å²) in [5.74, 6) is 0.208. The number of nitrogens with zero attached hydrogens (tertiary/aromatic N) is 2. The molecule has 3 aromatic rings. The van der Waals surface area contributed by atoms with E-state index in [-0.39, 0.29) is 25.0 Å². The van der Waals surface area contributed by atoms with Crippen molar-refractivity contribution in [1.29, 1.82) is 0 Å². The standard InChI is InChI=1S/C24H24N2O4S/c1-19-16-21-10-5-6-12-23(21)26(19)24(27)18-25(17-22-11-7-14-30-22)31(28,29)15-13-20-8-3-2-4-9-20/h2-15,19H,16-18H2,1H3/b15-13+. The van der Waals surface area contributed by atoms with Crippen molar-refractivity contribution in [1.82, 2.24) is 4.31 Å².